The number of aromatic nitrogens is 3. The van der Waals surface area contributed by atoms with Crippen molar-refractivity contribution < 1.29 is 23.7 Å². The summed E-state index contributed by atoms with van der Waals surface area (Å²) in [5, 5.41) is 16.4. The van der Waals surface area contributed by atoms with Gasteiger partial charge in [-0.15, -0.1) is 21.5 Å². The average molecular weight is 633 g/mol. The van der Waals surface area contributed by atoms with Crippen molar-refractivity contribution in [1.29, 1.82) is 0 Å². The van der Waals surface area contributed by atoms with Gasteiger partial charge in [0.25, 0.3) is 0 Å². The van der Waals surface area contributed by atoms with Gasteiger partial charge < -0.3 is 29.6 Å². The molecule has 13 heteroatoms. The number of benzene rings is 1. The van der Waals surface area contributed by atoms with Gasteiger partial charge in [-0.2, -0.15) is 0 Å². The molecule has 0 aliphatic carbocycles. The quantitative estimate of drug-likeness (QED) is 0.204. The van der Waals surface area contributed by atoms with E-state index in [9.17, 15) is 4.79 Å². The van der Waals surface area contributed by atoms with Crippen LogP contribution in [0.3, 0.4) is 0 Å². The monoisotopic (exact) mass is 632 g/mol. The molecule has 11 nitrogen and oxygen atoms in total. The van der Waals surface area contributed by atoms with Crippen LogP contribution in [0.5, 0.6) is 0 Å². The summed E-state index contributed by atoms with van der Waals surface area (Å²) in [7, 11) is 1.89. The summed E-state index contributed by atoms with van der Waals surface area (Å²) in [6.07, 6.45) is 0.131. The number of thiophene rings is 1. The Morgan fingerprint density at radius 1 is 0.907 bits per heavy atom. The van der Waals surface area contributed by atoms with Gasteiger partial charge in [0.1, 0.15) is 16.9 Å². The zero-order valence-electron chi connectivity index (χ0n) is 25.3. The summed E-state index contributed by atoms with van der Waals surface area (Å²) in [6.45, 7) is 11.4. The number of nitrogens with one attached hydrogen (secondary N) is 2. The molecular weight excluding hydrogens is 592 g/mol. The van der Waals surface area contributed by atoms with Gasteiger partial charge in [0.05, 0.1) is 65.0 Å². The van der Waals surface area contributed by atoms with Crippen molar-refractivity contribution in [3.63, 3.8) is 0 Å². The molecule has 0 saturated heterocycles. The zero-order chi connectivity index (χ0) is 30.6. The first-order valence-electron chi connectivity index (χ1n) is 14.5. The minimum absolute atomic E-state index is 0.131. The Hall–Kier alpha value is -2.71. The maximum Gasteiger partial charge on any atom is 0.222 e. The van der Waals surface area contributed by atoms with Crippen molar-refractivity contribution in [2.45, 2.75) is 33.2 Å². The van der Waals surface area contributed by atoms with Crippen LogP contribution < -0.4 is 10.6 Å². The molecular formula is C30H41ClN6O5S. The number of carbonyl (C=O) groups is 1. The summed E-state index contributed by atoms with van der Waals surface area (Å²) < 4.78 is 24.0. The summed E-state index contributed by atoms with van der Waals surface area (Å²) in [5.41, 5.74) is 3.94. The highest BCUT2D eigenvalue weighted by Crippen LogP contribution is 2.39. The number of amides is 1. The molecule has 234 valence electrons. The lowest BCUT2D eigenvalue weighted by molar-refractivity contribution is -0.121. The average Bonchev–Trinajstić information content (AvgIpc) is 3.47. The molecule has 2 aromatic heterocycles. The third-order valence-corrected chi connectivity index (χ3v) is 8.36. The first-order valence-corrected chi connectivity index (χ1v) is 15.7. The fourth-order valence-electron chi connectivity index (χ4n) is 4.58. The lowest BCUT2D eigenvalue weighted by Gasteiger charge is -2.13. The van der Waals surface area contributed by atoms with E-state index in [2.05, 4.69) is 34.7 Å². The second-order valence-electron chi connectivity index (χ2n) is 10.0. The van der Waals surface area contributed by atoms with Gasteiger partial charge in [0, 0.05) is 34.1 Å². The van der Waals surface area contributed by atoms with Crippen molar-refractivity contribution in [3.05, 3.63) is 62.5 Å². The minimum Gasteiger partial charge on any atom is -0.378 e. The molecule has 4 rings (SSSR count). The molecule has 3 heterocycles. The lowest BCUT2D eigenvalue weighted by Crippen LogP contribution is -2.29. The molecule has 43 heavy (non-hydrogen) atoms. The lowest BCUT2D eigenvalue weighted by atomic mass is 9.99. The van der Waals surface area contributed by atoms with Gasteiger partial charge in [-0.05, 0) is 45.5 Å². The third-order valence-electron chi connectivity index (χ3n) is 6.92. The Morgan fingerprint density at radius 3 is 2.14 bits per heavy atom. The molecule has 1 atom stereocenters. The van der Waals surface area contributed by atoms with E-state index in [0.717, 1.165) is 39.8 Å². The number of aryl methyl sites for hydroxylation is 2. The number of rotatable bonds is 18. The number of halogens is 1. The zero-order valence-corrected chi connectivity index (χ0v) is 26.9. The van der Waals surface area contributed by atoms with Crippen LogP contribution in [0.25, 0.3) is 5.00 Å². The van der Waals surface area contributed by atoms with Gasteiger partial charge in [0.15, 0.2) is 5.82 Å². The Kier molecular flexibility index (Phi) is 13.1. The van der Waals surface area contributed by atoms with Crippen LogP contribution in [0, 0.1) is 20.8 Å². The molecule has 0 spiro atoms. The number of hydrogen-bond acceptors (Lipinski definition) is 10. The number of ether oxygens (including phenoxy) is 4. The predicted octanol–water partition coefficient (Wildman–Crippen LogP) is 3.59. The Bertz CT molecular complexity index is 1360. The molecule has 0 unspecified atom stereocenters. The van der Waals surface area contributed by atoms with Crippen LogP contribution in [0.1, 0.15) is 45.7 Å². The molecule has 2 N–H and O–H groups in total. The number of aliphatic imine (C=N–C) groups is 1. The van der Waals surface area contributed by atoms with Crippen LogP contribution in [-0.4, -0.2) is 99.4 Å². The standard InChI is InChI=1S/C30H41ClN6O5S/c1-20-21(2)43-30-27(20)28(23-5-7-24(31)8-6-23)34-25(29-36-35-22(3)37(29)30)19-26(38)33-10-12-40-14-16-42-18-17-41-15-13-39-11-9-32-4/h5-8,25,32H,9-19H2,1-4H3,(H,33,38)/t25-/m0/s1. The first-order chi connectivity index (χ1) is 20.9. The molecule has 1 aliphatic heterocycles. The molecule has 1 amide bonds. The van der Waals surface area contributed by atoms with Gasteiger partial charge in [-0.1, -0.05) is 23.7 Å². The number of likely N-dealkylation sites (N-methyl/N-ethyl adjacent to an activating group) is 1. The van der Waals surface area contributed by atoms with E-state index in [0.29, 0.717) is 70.2 Å². The van der Waals surface area contributed by atoms with Gasteiger partial charge in [-0.25, -0.2) is 0 Å². The third kappa shape index (κ3) is 9.15. The molecule has 0 fully saturated rings. The van der Waals surface area contributed by atoms with E-state index in [1.165, 1.54) is 4.88 Å². The minimum atomic E-state index is -0.511. The number of carbonyl (C=O) groups excluding carboxylic acids is 1. The Morgan fingerprint density at radius 2 is 1.51 bits per heavy atom. The highest BCUT2D eigenvalue weighted by Gasteiger charge is 2.32. The first kappa shape index (κ1) is 33.2. The molecule has 3 aromatic rings. The van der Waals surface area contributed by atoms with Gasteiger partial charge in [-0.3, -0.25) is 14.4 Å². The normalized spacial score (nSPS) is 14.3. The predicted molar refractivity (Wildman–Crippen MR) is 168 cm³/mol. The van der Waals surface area contributed by atoms with Crippen molar-refractivity contribution in [1.82, 2.24) is 25.4 Å². The highest BCUT2D eigenvalue weighted by atomic mass is 35.5. The van der Waals surface area contributed by atoms with E-state index in [4.69, 9.17) is 35.5 Å². The number of fused-ring (bicyclic) bond motifs is 3. The van der Waals surface area contributed by atoms with E-state index in [1.807, 2.05) is 42.8 Å². The largest absolute Gasteiger partial charge is 0.378 e. The fourth-order valence-corrected chi connectivity index (χ4v) is 5.92. The second-order valence-corrected chi connectivity index (χ2v) is 11.7. The summed E-state index contributed by atoms with van der Waals surface area (Å²) in [6, 6.07) is 7.13. The maximum absolute atomic E-state index is 13.0. The highest BCUT2D eigenvalue weighted by molar-refractivity contribution is 7.15. The Balaban J connectivity index is 1.26. The van der Waals surface area contributed by atoms with Crippen molar-refractivity contribution in [3.8, 4) is 5.00 Å². The van der Waals surface area contributed by atoms with Crippen LogP contribution in [0.4, 0.5) is 0 Å². The van der Waals surface area contributed by atoms with Crippen LogP contribution in [0.2, 0.25) is 5.02 Å². The van der Waals surface area contributed by atoms with E-state index >= 15 is 0 Å². The van der Waals surface area contributed by atoms with Crippen LogP contribution >= 0.6 is 22.9 Å². The van der Waals surface area contributed by atoms with Gasteiger partial charge >= 0.3 is 0 Å². The van der Waals surface area contributed by atoms with Crippen molar-refractivity contribution in [2.24, 2.45) is 4.99 Å². The second kappa shape index (κ2) is 17.0. The maximum atomic E-state index is 13.0. The summed E-state index contributed by atoms with van der Waals surface area (Å²) >= 11 is 7.87. The van der Waals surface area contributed by atoms with Crippen molar-refractivity contribution in [2.75, 3.05) is 73.0 Å². The molecule has 1 aliphatic rings. The Labute approximate surface area is 261 Å². The van der Waals surface area contributed by atoms with Gasteiger partial charge in [0.2, 0.25) is 5.91 Å². The molecule has 0 radical (unpaired) electrons. The summed E-state index contributed by atoms with van der Waals surface area (Å²) in [5.74, 6) is 1.27. The molecule has 1 aromatic carbocycles. The van der Waals surface area contributed by atoms with Crippen LogP contribution in [-0.2, 0) is 23.7 Å². The van der Waals surface area contributed by atoms with Crippen LogP contribution in [0.15, 0.2) is 29.3 Å². The van der Waals surface area contributed by atoms with E-state index in [-0.39, 0.29) is 12.3 Å². The summed E-state index contributed by atoms with van der Waals surface area (Å²) in [4.78, 5) is 19.4. The number of nitrogens with zero attached hydrogens (tertiary/aromatic N) is 4. The fraction of sp³-hybridized carbons (Fsp3) is 0.533. The van der Waals surface area contributed by atoms with Crippen molar-refractivity contribution >= 4 is 34.6 Å². The molecule has 0 saturated carbocycles. The SMILES string of the molecule is CNCCOCCOCCOCCOCCNC(=O)C[C@@H]1N=C(c2ccc(Cl)cc2)c2c(sc(C)c2C)-n2c(C)nnc21. The smallest absolute Gasteiger partial charge is 0.222 e. The molecule has 0 bridgehead atoms. The van der Waals surface area contributed by atoms with E-state index < -0.39 is 6.04 Å². The van der Waals surface area contributed by atoms with E-state index in [1.54, 1.807) is 11.3 Å². The topological polar surface area (TPSA) is 121 Å². The number of hydrogen-bond donors (Lipinski definition) is 2.